The lowest BCUT2D eigenvalue weighted by atomic mass is 10.2. The van der Waals surface area contributed by atoms with Crippen molar-refractivity contribution in [2.45, 2.75) is 31.5 Å². The molecule has 1 saturated carbocycles. The molecule has 0 bridgehead atoms. The monoisotopic (exact) mass is 324 g/mol. The topological polar surface area (TPSA) is 59.8 Å². The van der Waals surface area contributed by atoms with Crippen molar-refractivity contribution < 1.29 is 18.0 Å². The number of pyridine rings is 1. The first-order valence-corrected chi connectivity index (χ1v) is 7.28. The van der Waals surface area contributed by atoms with Crippen LogP contribution in [0, 0.1) is 0 Å². The molecule has 0 aromatic carbocycles. The maximum absolute atomic E-state index is 12.8. The highest BCUT2D eigenvalue weighted by molar-refractivity contribution is 5.93. The van der Waals surface area contributed by atoms with Crippen LogP contribution < -0.4 is 5.32 Å². The van der Waals surface area contributed by atoms with E-state index in [0.29, 0.717) is 11.3 Å². The third-order valence-corrected chi connectivity index (χ3v) is 3.63. The number of amides is 1. The van der Waals surface area contributed by atoms with Gasteiger partial charge in [-0.1, -0.05) is 0 Å². The quantitative estimate of drug-likeness (QED) is 0.920. The lowest BCUT2D eigenvalue weighted by molar-refractivity contribution is -0.141. The molecule has 8 heteroatoms. The molecule has 1 amide bonds. The standard InChI is InChI=1S/C15H15F3N4O/c16-15(17,18)13-8-12(10-3-4-10)22(21-13)7-6-20-14(23)11-2-1-5-19-9-11/h1-2,5,8-10H,3-4,6-7H2,(H,20,23). The highest BCUT2D eigenvalue weighted by Crippen LogP contribution is 2.42. The lowest BCUT2D eigenvalue weighted by Gasteiger charge is -2.08. The summed E-state index contributed by atoms with van der Waals surface area (Å²) in [5.41, 5.74) is 0.122. The van der Waals surface area contributed by atoms with E-state index in [2.05, 4.69) is 15.4 Å². The van der Waals surface area contributed by atoms with Gasteiger partial charge in [0.25, 0.3) is 5.91 Å². The summed E-state index contributed by atoms with van der Waals surface area (Å²) in [5.74, 6) is -0.165. The molecule has 0 unspecified atom stereocenters. The molecule has 2 aromatic heterocycles. The van der Waals surface area contributed by atoms with E-state index in [0.717, 1.165) is 18.9 Å². The largest absolute Gasteiger partial charge is 0.435 e. The van der Waals surface area contributed by atoms with Gasteiger partial charge in [-0.2, -0.15) is 18.3 Å². The van der Waals surface area contributed by atoms with Crippen molar-refractivity contribution in [1.29, 1.82) is 0 Å². The third kappa shape index (κ3) is 3.69. The first-order chi connectivity index (χ1) is 10.9. The number of aromatic nitrogens is 3. The van der Waals surface area contributed by atoms with Crippen molar-refractivity contribution in [1.82, 2.24) is 20.1 Å². The Hall–Kier alpha value is -2.38. The predicted molar refractivity (Wildman–Crippen MR) is 75.8 cm³/mol. The minimum atomic E-state index is -4.45. The Kier molecular flexibility index (Phi) is 4.06. The van der Waals surface area contributed by atoms with Crippen molar-refractivity contribution in [2.75, 3.05) is 6.54 Å². The second kappa shape index (κ2) is 6.02. The van der Waals surface area contributed by atoms with Crippen LogP contribution in [0.2, 0.25) is 0 Å². The molecular formula is C15H15F3N4O. The number of halogens is 3. The zero-order chi connectivity index (χ0) is 16.4. The number of carbonyl (C=O) groups is 1. The Bertz CT molecular complexity index is 692. The van der Waals surface area contributed by atoms with Crippen LogP contribution in [0.3, 0.4) is 0 Å². The van der Waals surface area contributed by atoms with Gasteiger partial charge in [0.2, 0.25) is 0 Å². The molecule has 0 atom stereocenters. The predicted octanol–water partition coefficient (Wildman–Crippen LogP) is 2.60. The van der Waals surface area contributed by atoms with E-state index in [1.807, 2.05) is 0 Å². The van der Waals surface area contributed by atoms with Crippen molar-refractivity contribution >= 4 is 5.91 Å². The van der Waals surface area contributed by atoms with E-state index in [1.165, 1.54) is 10.9 Å². The molecule has 1 N–H and O–H groups in total. The Balaban J connectivity index is 1.64. The number of hydrogen-bond donors (Lipinski definition) is 1. The van der Waals surface area contributed by atoms with Crippen LogP contribution in [0.1, 0.15) is 40.5 Å². The molecule has 0 spiro atoms. The van der Waals surface area contributed by atoms with Gasteiger partial charge in [-0.05, 0) is 31.0 Å². The van der Waals surface area contributed by atoms with E-state index < -0.39 is 11.9 Å². The SMILES string of the molecule is O=C(NCCn1nc(C(F)(F)F)cc1C1CC1)c1cccnc1. The molecule has 3 rings (SSSR count). The van der Waals surface area contributed by atoms with E-state index in [-0.39, 0.29) is 24.9 Å². The number of nitrogens with zero attached hydrogens (tertiary/aromatic N) is 3. The van der Waals surface area contributed by atoms with Crippen LogP contribution in [0.5, 0.6) is 0 Å². The molecule has 0 aliphatic heterocycles. The van der Waals surface area contributed by atoms with E-state index in [4.69, 9.17) is 0 Å². The van der Waals surface area contributed by atoms with Crippen LogP contribution in [0.4, 0.5) is 13.2 Å². The van der Waals surface area contributed by atoms with Crippen LogP contribution in [0.25, 0.3) is 0 Å². The molecule has 1 aliphatic carbocycles. The zero-order valence-corrected chi connectivity index (χ0v) is 12.2. The van der Waals surface area contributed by atoms with E-state index >= 15 is 0 Å². The first-order valence-electron chi connectivity index (χ1n) is 7.28. The first kappa shape index (κ1) is 15.5. The van der Waals surface area contributed by atoms with Gasteiger partial charge in [-0.25, -0.2) is 0 Å². The molecule has 2 aromatic rings. The molecule has 1 fully saturated rings. The summed E-state index contributed by atoms with van der Waals surface area (Å²) in [7, 11) is 0. The minimum Gasteiger partial charge on any atom is -0.350 e. The maximum atomic E-state index is 12.8. The third-order valence-electron chi connectivity index (χ3n) is 3.63. The highest BCUT2D eigenvalue weighted by atomic mass is 19.4. The molecule has 5 nitrogen and oxygen atoms in total. The van der Waals surface area contributed by atoms with Gasteiger partial charge < -0.3 is 5.32 Å². The average molecular weight is 324 g/mol. The lowest BCUT2D eigenvalue weighted by Crippen LogP contribution is -2.28. The number of nitrogens with one attached hydrogen (secondary N) is 1. The smallest absolute Gasteiger partial charge is 0.350 e. The van der Waals surface area contributed by atoms with Crippen LogP contribution in [-0.2, 0) is 12.7 Å². The van der Waals surface area contributed by atoms with Gasteiger partial charge in [-0.15, -0.1) is 0 Å². The summed E-state index contributed by atoms with van der Waals surface area (Å²) in [4.78, 5) is 15.7. The molecule has 0 saturated heterocycles. The van der Waals surface area contributed by atoms with Crippen LogP contribution in [-0.4, -0.2) is 27.2 Å². The highest BCUT2D eigenvalue weighted by Gasteiger charge is 2.37. The minimum absolute atomic E-state index is 0.146. The van der Waals surface area contributed by atoms with Gasteiger partial charge in [0.15, 0.2) is 5.69 Å². The van der Waals surface area contributed by atoms with Gasteiger partial charge in [-0.3, -0.25) is 14.5 Å². The molecule has 0 radical (unpaired) electrons. The summed E-state index contributed by atoms with van der Waals surface area (Å²) in [6.07, 6.45) is 0.297. The fraction of sp³-hybridized carbons (Fsp3) is 0.400. The molecule has 23 heavy (non-hydrogen) atoms. The van der Waals surface area contributed by atoms with Gasteiger partial charge in [0.05, 0.1) is 12.1 Å². The Labute approximate surface area is 130 Å². The summed E-state index contributed by atoms with van der Waals surface area (Å²) in [6, 6.07) is 4.37. The molecule has 122 valence electrons. The summed E-state index contributed by atoms with van der Waals surface area (Å²) in [5, 5.41) is 6.30. The number of rotatable bonds is 5. The second-order valence-electron chi connectivity index (χ2n) is 5.45. The number of carbonyl (C=O) groups excluding carboxylic acids is 1. The molecular weight excluding hydrogens is 309 g/mol. The maximum Gasteiger partial charge on any atom is 0.435 e. The molecule has 2 heterocycles. The Morgan fingerprint density at radius 3 is 2.78 bits per heavy atom. The van der Waals surface area contributed by atoms with Crippen LogP contribution in [0.15, 0.2) is 30.6 Å². The van der Waals surface area contributed by atoms with E-state index in [9.17, 15) is 18.0 Å². The van der Waals surface area contributed by atoms with E-state index in [1.54, 1.807) is 18.3 Å². The fourth-order valence-corrected chi connectivity index (χ4v) is 2.33. The van der Waals surface area contributed by atoms with Gasteiger partial charge in [0.1, 0.15) is 0 Å². The Morgan fingerprint density at radius 2 is 2.17 bits per heavy atom. The van der Waals surface area contributed by atoms with Crippen LogP contribution >= 0.6 is 0 Å². The second-order valence-corrected chi connectivity index (χ2v) is 5.45. The zero-order valence-electron chi connectivity index (χ0n) is 12.2. The Morgan fingerprint density at radius 1 is 1.39 bits per heavy atom. The number of alkyl halides is 3. The normalized spacial score (nSPS) is 14.7. The van der Waals surface area contributed by atoms with Crippen molar-refractivity contribution in [3.8, 4) is 0 Å². The average Bonchev–Trinajstić information content (AvgIpc) is 3.27. The van der Waals surface area contributed by atoms with Crippen molar-refractivity contribution in [3.05, 3.63) is 47.5 Å². The fourth-order valence-electron chi connectivity index (χ4n) is 2.33. The number of hydrogen-bond acceptors (Lipinski definition) is 3. The van der Waals surface area contributed by atoms with Crippen molar-refractivity contribution in [2.24, 2.45) is 0 Å². The van der Waals surface area contributed by atoms with Gasteiger partial charge >= 0.3 is 6.18 Å². The van der Waals surface area contributed by atoms with Crippen molar-refractivity contribution in [3.63, 3.8) is 0 Å². The molecule has 1 aliphatic rings. The summed E-state index contributed by atoms with van der Waals surface area (Å²) < 4.78 is 39.7. The summed E-state index contributed by atoms with van der Waals surface area (Å²) in [6.45, 7) is 0.403. The summed E-state index contributed by atoms with van der Waals surface area (Å²) >= 11 is 0. The van der Waals surface area contributed by atoms with Gasteiger partial charge in [0, 0.05) is 30.6 Å².